The predicted molar refractivity (Wildman–Crippen MR) is 94.6 cm³/mol. The number of ether oxygens (including phenoxy) is 6. The van der Waals surface area contributed by atoms with Crippen molar-refractivity contribution in [1.29, 1.82) is 0 Å². The van der Waals surface area contributed by atoms with Crippen LogP contribution in [0.2, 0.25) is 0 Å². The number of carbonyl (C=O) groups excluding carboxylic acids is 1. The van der Waals surface area contributed by atoms with Gasteiger partial charge in [0.2, 0.25) is 11.6 Å². The average Bonchev–Trinajstić information content (AvgIpc) is 2.63. The third kappa shape index (κ3) is 3.53. The second-order valence-corrected chi connectivity index (χ2v) is 6.61. The third-order valence-electron chi connectivity index (χ3n) is 5.41. The van der Waals surface area contributed by atoms with Crippen LogP contribution < -0.4 is 0 Å². The van der Waals surface area contributed by atoms with Crippen molar-refractivity contribution in [3.05, 3.63) is 24.3 Å². The van der Waals surface area contributed by atoms with Gasteiger partial charge in [-0.1, -0.05) is 13.2 Å². The molecule has 0 aromatic carbocycles. The van der Waals surface area contributed by atoms with E-state index in [0.29, 0.717) is 12.8 Å². The van der Waals surface area contributed by atoms with Gasteiger partial charge in [0.25, 0.3) is 0 Å². The van der Waals surface area contributed by atoms with Crippen molar-refractivity contribution in [2.45, 2.75) is 62.3 Å². The van der Waals surface area contributed by atoms with Gasteiger partial charge in [0.15, 0.2) is 12.2 Å². The molecule has 2 rings (SSSR count). The van der Waals surface area contributed by atoms with Crippen LogP contribution in [-0.2, 0) is 28.4 Å². The Kier molecular flexibility index (Phi) is 6.85. The Labute approximate surface area is 155 Å². The highest BCUT2D eigenvalue weighted by Crippen LogP contribution is 2.40. The molecule has 2 fully saturated rings. The summed E-state index contributed by atoms with van der Waals surface area (Å²) in [4.78, 5) is 12.5. The minimum Gasteiger partial charge on any atom is -0.425 e. The molecule has 0 saturated heterocycles. The Morgan fingerprint density at radius 1 is 0.808 bits per heavy atom. The van der Waals surface area contributed by atoms with Crippen LogP contribution in [0.1, 0.15) is 38.5 Å². The minimum atomic E-state index is -1.16. The summed E-state index contributed by atoms with van der Waals surface area (Å²) in [5.41, 5.74) is 1.47. The molecular formula is C19H30O7. The number of carbonyl (C=O) groups is 1. The first-order valence-corrected chi connectivity index (χ1v) is 8.84. The zero-order valence-corrected chi connectivity index (χ0v) is 16.2. The molecule has 2 aliphatic rings. The molecule has 148 valence electrons. The molecule has 2 unspecified atom stereocenters. The summed E-state index contributed by atoms with van der Waals surface area (Å²) >= 11 is 0. The topological polar surface area (TPSA) is 72.5 Å². The standard InChI is InChI=1S/C19H30O7/c1-13-9-7-11-15(18(13,21-3)22-4)25-17(20)26-16-12-8-10-14(2)19(16,23-5)24-6/h15-16H,1-2,7-12H2,3-6H3. The smallest absolute Gasteiger partial charge is 0.425 e. The monoisotopic (exact) mass is 370 g/mol. The normalized spacial score (nSPS) is 27.8. The number of hydrogen-bond donors (Lipinski definition) is 0. The first-order valence-electron chi connectivity index (χ1n) is 8.84. The van der Waals surface area contributed by atoms with Crippen LogP contribution in [0.25, 0.3) is 0 Å². The van der Waals surface area contributed by atoms with E-state index in [2.05, 4.69) is 13.2 Å². The van der Waals surface area contributed by atoms with E-state index in [9.17, 15) is 4.79 Å². The van der Waals surface area contributed by atoms with Crippen LogP contribution in [0.5, 0.6) is 0 Å². The summed E-state index contributed by atoms with van der Waals surface area (Å²) in [5, 5.41) is 0. The average molecular weight is 370 g/mol. The quantitative estimate of drug-likeness (QED) is 0.403. The molecule has 0 aliphatic heterocycles. The summed E-state index contributed by atoms with van der Waals surface area (Å²) in [5.74, 6) is -2.32. The van der Waals surface area contributed by atoms with E-state index in [-0.39, 0.29) is 0 Å². The number of rotatable bonds is 6. The summed E-state index contributed by atoms with van der Waals surface area (Å²) < 4.78 is 33.2. The first kappa shape index (κ1) is 20.9. The van der Waals surface area contributed by atoms with Gasteiger partial charge in [-0.3, -0.25) is 0 Å². The minimum absolute atomic E-state index is 0.590. The fraction of sp³-hybridized carbons (Fsp3) is 0.737. The van der Waals surface area contributed by atoms with E-state index >= 15 is 0 Å². The van der Waals surface area contributed by atoms with Crippen LogP contribution in [0.15, 0.2) is 24.3 Å². The van der Waals surface area contributed by atoms with E-state index in [1.165, 1.54) is 28.4 Å². The lowest BCUT2D eigenvalue weighted by Crippen LogP contribution is -2.54. The molecule has 7 heteroatoms. The van der Waals surface area contributed by atoms with Gasteiger partial charge in [-0.15, -0.1) is 0 Å². The van der Waals surface area contributed by atoms with Crippen LogP contribution in [-0.4, -0.2) is 58.4 Å². The highest BCUT2D eigenvalue weighted by molar-refractivity contribution is 5.61. The molecule has 2 aliphatic carbocycles. The molecule has 2 atom stereocenters. The lowest BCUT2D eigenvalue weighted by atomic mass is 9.86. The zero-order valence-electron chi connectivity index (χ0n) is 16.2. The zero-order chi connectivity index (χ0) is 19.4. The maximum atomic E-state index is 12.5. The fourth-order valence-corrected chi connectivity index (χ4v) is 3.99. The summed E-state index contributed by atoms with van der Waals surface area (Å²) in [6, 6.07) is 0. The Morgan fingerprint density at radius 3 is 1.46 bits per heavy atom. The fourth-order valence-electron chi connectivity index (χ4n) is 3.99. The van der Waals surface area contributed by atoms with Gasteiger partial charge in [-0.05, 0) is 49.7 Å². The lowest BCUT2D eigenvalue weighted by Gasteiger charge is -2.43. The summed E-state index contributed by atoms with van der Waals surface area (Å²) in [6.45, 7) is 8.02. The van der Waals surface area contributed by atoms with Crippen molar-refractivity contribution in [2.75, 3.05) is 28.4 Å². The molecule has 0 heterocycles. The third-order valence-corrected chi connectivity index (χ3v) is 5.41. The molecule has 7 nitrogen and oxygen atoms in total. The van der Waals surface area contributed by atoms with E-state index in [1.54, 1.807) is 0 Å². The van der Waals surface area contributed by atoms with Crippen molar-refractivity contribution in [3.63, 3.8) is 0 Å². The van der Waals surface area contributed by atoms with Gasteiger partial charge < -0.3 is 28.4 Å². The molecule has 0 bridgehead atoms. The van der Waals surface area contributed by atoms with Crippen LogP contribution >= 0.6 is 0 Å². The van der Waals surface area contributed by atoms with E-state index < -0.39 is 29.9 Å². The van der Waals surface area contributed by atoms with Gasteiger partial charge >= 0.3 is 6.16 Å². The van der Waals surface area contributed by atoms with Gasteiger partial charge in [0.1, 0.15) is 0 Å². The van der Waals surface area contributed by atoms with E-state index in [1.807, 2.05) is 0 Å². The number of methoxy groups -OCH3 is 4. The second-order valence-electron chi connectivity index (χ2n) is 6.61. The first-order chi connectivity index (χ1) is 12.4. The van der Waals surface area contributed by atoms with Crippen molar-refractivity contribution >= 4 is 6.16 Å². The van der Waals surface area contributed by atoms with Crippen LogP contribution in [0.4, 0.5) is 4.79 Å². The van der Waals surface area contributed by atoms with Gasteiger partial charge in [0, 0.05) is 28.4 Å². The maximum Gasteiger partial charge on any atom is 0.509 e. The van der Waals surface area contributed by atoms with Crippen molar-refractivity contribution in [1.82, 2.24) is 0 Å². The molecular weight excluding hydrogens is 340 g/mol. The lowest BCUT2D eigenvalue weighted by molar-refractivity contribution is -0.261. The second kappa shape index (κ2) is 8.52. The van der Waals surface area contributed by atoms with Crippen molar-refractivity contribution in [2.24, 2.45) is 0 Å². The molecule has 0 amide bonds. The summed E-state index contributed by atoms with van der Waals surface area (Å²) in [6.07, 6.45) is 2.22. The van der Waals surface area contributed by atoms with Gasteiger partial charge in [-0.2, -0.15) is 0 Å². The highest BCUT2D eigenvalue weighted by atomic mass is 16.8. The summed E-state index contributed by atoms with van der Waals surface area (Å²) in [7, 11) is 6.03. The van der Waals surface area contributed by atoms with Crippen LogP contribution in [0, 0.1) is 0 Å². The van der Waals surface area contributed by atoms with Crippen molar-refractivity contribution in [3.8, 4) is 0 Å². The maximum absolute atomic E-state index is 12.5. The molecule has 0 aromatic heterocycles. The highest BCUT2D eigenvalue weighted by Gasteiger charge is 2.50. The molecule has 2 saturated carbocycles. The Morgan fingerprint density at radius 2 is 1.15 bits per heavy atom. The predicted octanol–water partition coefficient (Wildman–Crippen LogP) is 3.34. The Hall–Kier alpha value is -1.41. The molecule has 0 N–H and O–H groups in total. The van der Waals surface area contributed by atoms with Gasteiger partial charge in [-0.25, -0.2) is 4.79 Å². The Bertz CT molecular complexity index is 488. The molecule has 0 aromatic rings. The molecule has 0 radical (unpaired) electrons. The molecule has 0 spiro atoms. The van der Waals surface area contributed by atoms with E-state index in [0.717, 1.165) is 36.8 Å². The van der Waals surface area contributed by atoms with Crippen molar-refractivity contribution < 1.29 is 33.2 Å². The largest absolute Gasteiger partial charge is 0.509 e. The SMILES string of the molecule is C=C1CCCC(OC(=O)OC2CCCC(=C)C2(OC)OC)C1(OC)OC. The van der Waals surface area contributed by atoms with Gasteiger partial charge in [0.05, 0.1) is 0 Å². The Balaban J connectivity index is 2.11. The number of hydrogen-bond acceptors (Lipinski definition) is 7. The van der Waals surface area contributed by atoms with E-state index in [4.69, 9.17) is 28.4 Å². The van der Waals surface area contributed by atoms with Crippen LogP contribution in [0.3, 0.4) is 0 Å². The molecule has 26 heavy (non-hydrogen) atoms.